The highest BCUT2D eigenvalue weighted by Crippen LogP contribution is 2.40. The molecule has 1 heterocycles. The Morgan fingerprint density at radius 1 is 1.33 bits per heavy atom. The maximum absolute atomic E-state index is 12.6. The van der Waals surface area contributed by atoms with Gasteiger partial charge in [0.25, 0.3) is 0 Å². The van der Waals surface area contributed by atoms with Gasteiger partial charge in [0.15, 0.2) is 5.96 Å². The minimum atomic E-state index is -0.296. The molecule has 0 radical (unpaired) electrons. The summed E-state index contributed by atoms with van der Waals surface area (Å²) in [5, 5.41) is 14.5. The molecule has 3 rings (SSSR count). The molecular formula is C21H30N4O2. The van der Waals surface area contributed by atoms with Crippen molar-refractivity contribution in [2.45, 2.75) is 58.0 Å². The summed E-state index contributed by atoms with van der Waals surface area (Å²) in [5.41, 5.74) is 0.784. The molecule has 0 bridgehead atoms. The van der Waals surface area contributed by atoms with Gasteiger partial charge in [-0.2, -0.15) is 0 Å². The van der Waals surface area contributed by atoms with Crippen LogP contribution in [-0.4, -0.2) is 34.8 Å². The van der Waals surface area contributed by atoms with Crippen molar-refractivity contribution < 1.29 is 9.59 Å². The summed E-state index contributed by atoms with van der Waals surface area (Å²) < 4.78 is 0. The molecule has 27 heavy (non-hydrogen) atoms. The van der Waals surface area contributed by atoms with E-state index in [1.54, 1.807) is 0 Å². The molecule has 0 aromatic heterocycles. The van der Waals surface area contributed by atoms with Crippen LogP contribution in [0.5, 0.6) is 0 Å². The number of nitrogens with one attached hydrogen (secondary N) is 3. The number of nitrogens with zero attached hydrogens (tertiary/aromatic N) is 1. The zero-order valence-electron chi connectivity index (χ0n) is 16.4. The predicted octanol–water partition coefficient (Wildman–Crippen LogP) is 2.82. The molecule has 1 aliphatic heterocycles. The number of carbonyl (C=O) groups is 2. The second-order valence-corrected chi connectivity index (χ2v) is 7.89. The van der Waals surface area contributed by atoms with Crippen LogP contribution in [0, 0.1) is 17.2 Å². The van der Waals surface area contributed by atoms with E-state index in [0.717, 1.165) is 24.8 Å². The highest BCUT2D eigenvalue weighted by molar-refractivity contribution is 5.99. The van der Waals surface area contributed by atoms with Crippen molar-refractivity contribution >= 4 is 17.8 Å². The van der Waals surface area contributed by atoms with E-state index in [2.05, 4.69) is 10.6 Å². The predicted molar refractivity (Wildman–Crippen MR) is 105 cm³/mol. The van der Waals surface area contributed by atoms with Crippen molar-refractivity contribution in [2.24, 2.45) is 11.8 Å². The van der Waals surface area contributed by atoms with E-state index in [1.165, 1.54) is 4.90 Å². The Bertz CT molecular complexity index is 694. The standard InChI is InChI=1S/C21H30N4O2/c1-4-21(5-2)12-18(26)25(20(22)24-21)13-16-11-17(16)19(27)23-14(3)15-9-7-6-8-10-15/h6-10,14,16-17H,4-5,11-13H2,1-3H3,(H2,22,24)(H,23,27)/t14-,16-,17+/m0/s1. The zero-order valence-corrected chi connectivity index (χ0v) is 16.4. The molecule has 0 unspecified atom stereocenters. The molecule has 1 aromatic rings. The highest BCUT2D eigenvalue weighted by Gasteiger charge is 2.47. The Labute approximate surface area is 161 Å². The van der Waals surface area contributed by atoms with Crippen LogP contribution in [0.3, 0.4) is 0 Å². The van der Waals surface area contributed by atoms with E-state index in [1.807, 2.05) is 51.1 Å². The number of carbonyl (C=O) groups excluding carboxylic acids is 2. The van der Waals surface area contributed by atoms with Crippen LogP contribution >= 0.6 is 0 Å². The van der Waals surface area contributed by atoms with Crippen LogP contribution in [0.25, 0.3) is 0 Å². The Morgan fingerprint density at radius 3 is 2.59 bits per heavy atom. The fraction of sp³-hybridized carbons (Fsp3) is 0.571. The van der Waals surface area contributed by atoms with Gasteiger partial charge in [-0.05, 0) is 37.7 Å². The van der Waals surface area contributed by atoms with Crippen molar-refractivity contribution in [1.29, 1.82) is 5.41 Å². The molecule has 2 aliphatic rings. The maximum Gasteiger partial charge on any atom is 0.231 e. The summed E-state index contributed by atoms with van der Waals surface area (Å²) in [7, 11) is 0. The second kappa shape index (κ2) is 7.71. The smallest absolute Gasteiger partial charge is 0.231 e. The zero-order chi connectivity index (χ0) is 19.6. The fourth-order valence-electron chi connectivity index (χ4n) is 3.89. The van der Waals surface area contributed by atoms with Crippen LogP contribution in [0.1, 0.15) is 58.1 Å². The van der Waals surface area contributed by atoms with Gasteiger partial charge in [0.2, 0.25) is 11.8 Å². The lowest BCUT2D eigenvalue weighted by Crippen LogP contribution is -2.62. The molecule has 3 atom stereocenters. The molecular weight excluding hydrogens is 340 g/mol. The van der Waals surface area contributed by atoms with Crippen LogP contribution in [0.15, 0.2) is 30.3 Å². The second-order valence-electron chi connectivity index (χ2n) is 7.89. The molecule has 3 N–H and O–H groups in total. The minimum Gasteiger partial charge on any atom is -0.350 e. The van der Waals surface area contributed by atoms with Gasteiger partial charge in [0.1, 0.15) is 0 Å². The number of benzene rings is 1. The van der Waals surface area contributed by atoms with Crippen LogP contribution in [0.4, 0.5) is 0 Å². The lowest BCUT2D eigenvalue weighted by molar-refractivity contribution is -0.131. The summed E-state index contributed by atoms with van der Waals surface area (Å²) in [4.78, 5) is 26.6. The molecule has 1 saturated heterocycles. The van der Waals surface area contributed by atoms with Gasteiger partial charge in [-0.15, -0.1) is 0 Å². The summed E-state index contributed by atoms with van der Waals surface area (Å²) in [6, 6.07) is 9.85. The maximum atomic E-state index is 12.6. The summed E-state index contributed by atoms with van der Waals surface area (Å²) in [6.07, 6.45) is 2.82. The van der Waals surface area contributed by atoms with Gasteiger partial charge in [0.05, 0.1) is 12.5 Å². The monoisotopic (exact) mass is 370 g/mol. The first-order valence-corrected chi connectivity index (χ1v) is 9.91. The first-order chi connectivity index (χ1) is 12.9. The van der Waals surface area contributed by atoms with Crippen LogP contribution < -0.4 is 10.6 Å². The van der Waals surface area contributed by atoms with Crippen LogP contribution in [-0.2, 0) is 9.59 Å². The summed E-state index contributed by atoms with van der Waals surface area (Å²) in [6.45, 7) is 6.52. The Kier molecular flexibility index (Phi) is 5.53. The quantitative estimate of drug-likeness (QED) is 0.690. The van der Waals surface area contributed by atoms with Gasteiger partial charge in [0, 0.05) is 18.0 Å². The van der Waals surface area contributed by atoms with E-state index in [0.29, 0.717) is 13.0 Å². The summed E-state index contributed by atoms with van der Waals surface area (Å²) in [5.74, 6) is 0.275. The van der Waals surface area contributed by atoms with Gasteiger partial charge >= 0.3 is 0 Å². The first-order valence-electron chi connectivity index (χ1n) is 9.91. The van der Waals surface area contributed by atoms with E-state index in [4.69, 9.17) is 5.41 Å². The fourth-order valence-corrected chi connectivity index (χ4v) is 3.89. The van der Waals surface area contributed by atoms with Crippen LogP contribution in [0.2, 0.25) is 0 Å². The molecule has 1 aromatic carbocycles. The number of hydrogen-bond acceptors (Lipinski definition) is 3. The molecule has 2 amide bonds. The van der Waals surface area contributed by atoms with E-state index >= 15 is 0 Å². The Morgan fingerprint density at radius 2 is 2.00 bits per heavy atom. The minimum absolute atomic E-state index is 0.00818. The van der Waals surface area contributed by atoms with E-state index in [9.17, 15) is 9.59 Å². The van der Waals surface area contributed by atoms with Gasteiger partial charge in [-0.3, -0.25) is 19.9 Å². The van der Waals surface area contributed by atoms with Gasteiger partial charge in [-0.1, -0.05) is 44.2 Å². The number of hydrogen-bond donors (Lipinski definition) is 3. The normalized spacial score (nSPS) is 24.9. The van der Waals surface area contributed by atoms with Crippen molar-refractivity contribution in [3.05, 3.63) is 35.9 Å². The lowest BCUT2D eigenvalue weighted by atomic mass is 9.87. The summed E-state index contributed by atoms with van der Waals surface area (Å²) >= 11 is 0. The third-order valence-electron chi connectivity index (χ3n) is 6.13. The Hall–Kier alpha value is -2.37. The van der Waals surface area contributed by atoms with Crippen molar-refractivity contribution in [1.82, 2.24) is 15.5 Å². The molecule has 1 aliphatic carbocycles. The van der Waals surface area contributed by atoms with E-state index < -0.39 is 0 Å². The number of amides is 2. The molecule has 1 saturated carbocycles. The largest absolute Gasteiger partial charge is 0.350 e. The van der Waals surface area contributed by atoms with Crippen molar-refractivity contribution in [3.63, 3.8) is 0 Å². The molecule has 2 fully saturated rings. The lowest BCUT2D eigenvalue weighted by Gasteiger charge is -2.42. The number of guanidine groups is 1. The van der Waals surface area contributed by atoms with Crippen molar-refractivity contribution in [3.8, 4) is 0 Å². The van der Waals surface area contributed by atoms with E-state index in [-0.39, 0.29) is 41.2 Å². The molecule has 0 spiro atoms. The third-order valence-corrected chi connectivity index (χ3v) is 6.13. The average Bonchev–Trinajstić information content (AvgIpc) is 3.44. The molecule has 6 heteroatoms. The Balaban J connectivity index is 1.53. The molecule has 146 valence electrons. The third kappa shape index (κ3) is 4.15. The average molecular weight is 370 g/mol. The molecule has 6 nitrogen and oxygen atoms in total. The van der Waals surface area contributed by atoms with Crippen molar-refractivity contribution in [2.75, 3.05) is 6.54 Å². The van der Waals surface area contributed by atoms with Gasteiger partial charge in [-0.25, -0.2) is 0 Å². The topological polar surface area (TPSA) is 85.3 Å². The number of rotatable bonds is 7. The highest BCUT2D eigenvalue weighted by atomic mass is 16.2. The van der Waals surface area contributed by atoms with Gasteiger partial charge < -0.3 is 10.6 Å². The SMILES string of the molecule is CCC1(CC)CC(=O)N(C[C@@H]2C[C@H]2C(=O)N[C@@H](C)c2ccccc2)C(=N)N1. The first kappa shape index (κ1) is 19.4.